The summed E-state index contributed by atoms with van der Waals surface area (Å²) in [4.78, 5) is 24.6. The van der Waals surface area contributed by atoms with Crippen molar-refractivity contribution < 1.29 is 27.1 Å². The number of sulfonamides is 1. The van der Waals surface area contributed by atoms with Crippen molar-refractivity contribution in [1.82, 2.24) is 4.31 Å². The van der Waals surface area contributed by atoms with E-state index in [0.29, 0.717) is 35.4 Å². The Labute approximate surface area is 191 Å². The summed E-state index contributed by atoms with van der Waals surface area (Å²) in [7, 11) is -2.08. The molecule has 1 aliphatic rings. The van der Waals surface area contributed by atoms with Crippen molar-refractivity contribution in [2.75, 3.05) is 20.2 Å². The minimum Gasteiger partial charge on any atom is -0.497 e. The molecule has 0 aliphatic carbocycles. The van der Waals surface area contributed by atoms with Crippen molar-refractivity contribution in [2.45, 2.75) is 37.2 Å². The van der Waals surface area contributed by atoms with E-state index < -0.39 is 21.6 Å². The molecule has 3 aromatic rings. The van der Waals surface area contributed by atoms with E-state index in [4.69, 9.17) is 13.9 Å². The predicted molar refractivity (Wildman–Crippen MR) is 122 cm³/mol. The van der Waals surface area contributed by atoms with E-state index in [1.807, 2.05) is 0 Å². The van der Waals surface area contributed by atoms with Gasteiger partial charge in [-0.05, 0) is 49.2 Å². The number of carbonyl (C=O) groups is 1. The fraction of sp³-hybridized carbons (Fsp3) is 0.333. The average Bonchev–Trinajstić information content (AvgIpc) is 3.12. The first-order valence-corrected chi connectivity index (χ1v) is 12.2. The quantitative estimate of drug-likeness (QED) is 0.399. The highest BCUT2D eigenvalue weighted by molar-refractivity contribution is 7.89. The highest BCUT2D eigenvalue weighted by Crippen LogP contribution is 2.24. The first-order valence-electron chi connectivity index (χ1n) is 10.8. The van der Waals surface area contributed by atoms with Crippen molar-refractivity contribution in [2.24, 2.45) is 0 Å². The van der Waals surface area contributed by atoms with Crippen LogP contribution in [0.15, 0.2) is 62.6 Å². The van der Waals surface area contributed by atoms with Crippen LogP contribution in [0.25, 0.3) is 11.0 Å². The second kappa shape index (κ2) is 9.76. The number of rotatable bonds is 6. The maximum Gasteiger partial charge on any atom is 0.338 e. The van der Waals surface area contributed by atoms with Crippen molar-refractivity contribution in [3.8, 4) is 5.75 Å². The van der Waals surface area contributed by atoms with E-state index in [-0.39, 0.29) is 17.1 Å². The molecule has 1 aromatic heterocycles. The Morgan fingerprint density at radius 2 is 1.70 bits per heavy atom. The minimum absolute atomic E-state index is 0.138. The van der Waals surface area contributed by atoms with Gasteiger partial charge in [0.2, 0.25) is 10.0 Å². The monoisotopic (exact) mass is 471 g/mol. The highest BCUT2D eigenvalue weighted by Gasteiger charge is 2.25. The van der Waals surface area contributed by atoms with Crippen LogP contribution in [-0.4, -0.2) is 38.9 Å². The van der Waals surface area contributed by atoms with Gasteiger partial charge in [-0.1, -0.05) is 12.8 Å². The Morgan fingerprint density at radius 1 is 1.00 bits per heavy atom. The molecule has 4 rings (SSSR count). The van der Waals surface area contributed by atoms with Gasteiger partial charge in [-0.2, -0.15) is 4.31 Å². The van der Waals surface area contributed by atoms with E-state index in [0.717, 1.165) is 25.7 Å². The number of carbonyl (C=O) groups excluding carboxylic acids is 1. The fourth-order valence-corrected chi connectivity index (χ4v) is 5.39. The zero-order valence-electron chi connectivity index (χ0n) is 18.3. The van der Waals surface area contributed by atoms with Crippen LogP contribution < -0.4 is 10.4 Å². The predicted octanol–water partition coefficient (Wildman–Crippen LogP) is 3.72. The van der Waals surface area contributed by atoms with Crippen LogP contribution in [0.3, 0.4) is 0 Å². The molecule has 33 heavy (non-hydrogen) atoms. The molecule has 9 heteroatoms. The zero-order chi connectivity index (χ0) is 23.4. The molecule has 0 radical (unpaired) electrons. The number of hydrogen-bond acceptors (Lipinski definition) is 7. The first kappa shape index (κ1) is 23.0. The summed E-state index contributed by atoms with van der Waals surface area (Å²) in [6, 6.07) is 12.0. The highest BCUT2D eigenvalue weighted by atomic mass is 32.2. The molecular weight excluding hydrogens is 446 g/mol. The van der Waals surface area contributed by atoms with E-state index >= 15 is 0 Å². The molecule has 8 nitrogen and oxygen atoms in total. The smallest absolute Gasteiger partial charge is 0.338 e. The molecule has 2 heterocycles. The second-order valence-electron chi connectivity index (χ2n) is 7.87. The van der Waals surface area contributed by atoms with Gasteiger partial charge < -0.3 is 13.9 Å². The fourth-order valence-electron chi connectivity index (χ4n) is 3.88. The van der Waals surface area contributed by atoms with Crippen LogP contribution in [0.1, 0.15) is 41.6 Å². The number of benzene rings is 2. The summed E-state index contributed by atoms with van der Waals surface area (Å²) in [6.07, 6.45) is 3.76. The van der Waals surface area contributed by atoms with Crippen LogP contribution >= 0.6 is 0 Å². The standard InChI is InChI=1S/C24H25NO7S/c1-30-19-8-11-21-18(14-23(26)32-22(21)15-19)16-31-24(27)17-6-9-20(10-7-17)33(28,29)25-12-4-2-3-5-13-25/h6-11,14-15H,2-5,12-13,16H2,1H3. The van der Waals surface area contributed by atoms with Crippen molar-refractivity contribution >= 4 is 27.0 Å². The van der Waals surface area contributed by atoms with Gasteiger partial charge in [0.15, 0.2) is 0 Å². The van der Waals surface area contributed by atoms with Gasteiger partial charge in [0.05, 0.1) is 17.6 Å². The van der Waals surface area contributed by atoms with Gasteiger partial charge in [0.25, 0.3) is 0 Å². The molecule has 0 amide bonds. The minimum atomic E-state index is -3.59. The first-order chi connectivity index (χ1) is 15.9. The molecule has 0 N–H and O–H groups in total. The van der Waals surface area contributed by atoms with Gasteiger partial charge in [-0.15, -0.1) is 0 Å². The molecule has 1 aliphatic heterocycles. The maximum absolute atomic E-state index is 12.9. The van der Waals surface area contributed by atoms with E-state index in [9.17, 15) is 18.0 Å². The molecule has 2 aromatic carbocycles. The van der Waals surface area contributed by atoms with Gasteiger partial charge >= 0.3 is 11.6 Å². The Balaban J connectivity index is 1.48. The number of esters is 1. The topological polar surface area (TPSA) is 103 Å². The summed E-state index contributed by atoms with van der Waals surface area (Å²) in [5, 5.41) is 0.627. The summed E-state index contributed by atoms with van der Waals surface area (Å²) < 4.78 is 43.0. The Morgan fingerprint density at radius 3 is 2.36 bits per heavy atom. The lowest BCUT2D eigenvalue weighted by Gasteiger charge is -2.20. The van der Waals surface area contributed by atoms with Crippen LogP contribution in [0.5, 0.6) is 5.75 Å². The van der Waals surface area contributed by atoms with Gasteiger partial charge in [-0.3, -0.25) is 0 Å². The SMILES string of the molecule is COc1ccc2c(COC(=O)c3ccc(S(=O)(=O)N4CCCCCC4)cc3)cc(=O)oc2c1. The molecule has 1 fully saturated rings. The molecule has 0 spiro atoms. The summed E-state index contributed by atoms with van der Waals surface area (Å²) in [5.41, 5.74) is 0.484. The van der Waals surface area contributed by atoms with Gasteiger partial charge in [0, 0.05) is 36.2 Å². The third-order valence-electron chi connectivity index (χ3n) is 5.69. The van der Waals surface area contributed by atoms with Crippen LogP contribution in [0.4, 0.5) is 0 Å². The van der Waals surface area contributed by atoms with Crippen LogP contribution in [0, 0.1) is 0 Å². The summed E-state index contributed by atoms with van der Waals surface area (Å²) >= 11 is 0. The van der Waals surface area contributed by atoms with E-state index in [2.05, 4.69) is 0 Å². The molecule has 0 unspecified atom stereocenters. The van der Waals surface area contributed by atoms with E-state index in [1.165, 1.54) is 41.7 Å². The Kier molecular flexibility index (Phi) is 6.80. The largest absolute Gasteiger partial charge is 0.497 e. The number of ether oxygens (including phenoxy) is 2. The van der Waals surface area contributed by atoms with E-state index in [1.54, 1.807) is 18.2 Å². The molecular formula is C24H25NO7S. The number of nitrogens with zero attached hydrogens (tertiary/aromatic N) is 1. The van der Waals surface area contributed by atoms with Crippen molar-refractivity contribution in [3.05, 3.63) is 70.1 Å². The van der Waals surface area contributed by atoms with Crippen molar-refractivity contribution in [3.63, 3.8) is 0 Å². The Bertz CT molecular complexity index is 1300. The summed E-state index contributed by atoms with van der Waals surface area (Å²) in [5.74, 6) is -0.0846. The second-order valence-corrected chi connectivity index (χ2v) is 9.81. The molecule has 0 saturated carbocycles. The normalized spacial score (nSPS) is 15.2. The Hall–Kier alpha value is -3.17. The van der Waals surface area contributed by atoms with Crippen LogP contribution in [-0.2, 0) is 21.4 Å². The molecule has 0 bridgehead atoms. The third kappa shape index (κ3) is 5.09. The molecule has 174 valence electrons. The zero-order valence-corrected chi connectivity index (χ0v) is 19.1. The number of hydrogen-bond donors (Lipinski definition) is 0. The van der Waals surface area contributed by atoms with Gasteiger partial charge in [-0.25, -0.2) is 18.0 Å². The lowest BCUT2D eigenvalue weighted by molar-refractivity contribution is 0.0473. The number of fused-ring (bicyclic) bond motifs is 1. The molecule has 1 saturated heterocycles. The molecule has 0 atom stereocenters. The lowest BCUT2D eigenvalue weighted by Crippen LogP contribution is -2.31. The van der Waals surface area contributed by atoms with Crippen molar-refractivity contribution in [1.29, 1.82) is 0 Å². The van der Waals surface area contributed by atoms with Crippen LogP contribution in [0.2, 0.25) is 0 Å². The third-order valence-corrected chi connectivity index (χ3v) is 7.60. The lowest BCUT2D eigenvalue weighted by atomic mass is 10.1. The van der Waals surface area contributed by atoms with Gasteiger partial charge in [0.1, 0.15) is 17.9 Å². The summed E-state index contributed by atoms with van der Waals surface area (Å²) in [6.45, 7) is 0.884. The maximum atomic E-state index is 12.9. The average molecular weight is 472 g/mol. The number of methoxy groups -OCH3 is 1.